The first-order valence-corrected chi connectivity index (χ1v) is 10.9. The number of carbonyl (C=O) groups excluding carboxylic acids is 1. The molecule has 158 valence electrons. The molecule has 0 unspecified atom stereocenters. The normalized spacial score (nSPS) is 20.2. The molecule has 1 amide bonds. The third-order valence-electron chi connectivity index (χ3n) is 5.77. The van der Waals surface area contributed by atoms with Crippen LogP contribution in [0.25, 0.3) is 0 Å². The Kier molecular flexibility index (Phi) is 7.88. The van der Waals surface area contributed by atoms with Gasteiger partial charge in [0.2, 0.25) is 5.91 Å². The molecule has 2 aromatic rings. The van der Waals surface area contributed by atoms with Crippen molar-refractivity contribution < 1.29 is 9.90 Å². The second-order valence-electron chi connectivity index (χ2n) is 7.86. The number of likely N-dealkylation sites (tertiary alicyclic amines) is 1. The van der Waals surface area contributed by atoms with E-state index >= 15 is 0 Å². The molecule has 0 radical (unpaired) electrons. The van der Waals surface area contributed by atoms with Gasteiger partial charge < -0.3 is 10.0 Å². The largest absolute Gasteiger partial charge is 0.387 e. The smallest absolute Gasteiger partial charge is 0.226 e. The van der Waals surface area contributed by atoms with Crippen molar-refractivity contribution in [2.24, 2.45) is 10.9 Å². The summed E-state index contributed by atoms with van der Waals surface area (Å²) in [4.78, 5) is 20.9. The molecular formula is C24H29N3O2S. The van der Waals surface area contributed by atoms with E-state index in [1.165, 1.54) is 0 Å². The minimum Gasteiger partial charge on any atom is -0.387 e. The first kappa shape index (κ1) is 22.3. The lowest BCUT2D eigenvalue weighted by Gasteiger charge is -2.43. The summed E-state index contributed by atoms with van der Waals surface area (Å²) < 4.78 is 0. The monoisotopic (exact) mass is 423 g/mol. The summed E-state index contributed by atoms with van der Waals surface area (Å²) in [5.41, 5.74) is 2.56. The number of anilines is 1. The van der Waals surface area contributed by atoms with Crippen molar-refractivity contribution in [2.45, 2.75) is 38.8 Å². The number of benzene rings is 2. The number of para-hydroxylation sites is 1. The summed E-state index contributed by atoms with van der Waals surface area (Å²) in [6.07, 6.45) is 0.808. The highest BCUT2D eigenvalue weighted by atomic mass is 32.1. The van der Waals surface area contributed by atoms with Crippen LogP contribution in [0.15, 0.2) is 59.6 Å². The molecule has 0 aromatic heterocycles. The highest BCUT2D eigenvalue weighted by Crippen LogP contribution is 2.29. The van der Waals surface area contributed by atoms with Crippen LogP contribution in [0.1, 0.15) is 38.4 Å². The van der Waals surface area contributed by atoms with Gasteiger partial charge in [-0.2, -0.15) is 4.99 Å². The number of thiocarbonyl (C=S) groups is 1. The number of β-amino-alcohol motifs (C(OH)–C–C–N with tert-alkyl or cyclic N) is 1. The van der Waals surface area contributed by atoms with Gasteiger partial charge in [0.1, 0.15) is 0 Å². The Balaban J connectivity index is 1.65. The molecule has 1 aliphatic rings. The second kappa shape index (κ2) is 10.6. The van der Waals surface area contributed by atoms with Crippen molar-refractivity contribution >= 4 is 34.7 Å². The number of rotatable bonds is 7. The number of aliphatic imine (C=N–C) groups is 1. The summed E-state index contributed by atoms with van der Waals surface area (Å²) in [6, 6.07) is 17.5. The average molecular weight is 424 g/mol. The Bertz CT molecular complexity index is 881. The van der Waals surface area contributed by atoms with Gasteiger partial charge in [-0.1, -0.05) is 44.2 Å². The molecular weight excluding hydrogens is 394 g/mol. The van der Waals surface area contributed by atoms with Crippen LogP contribution in [0.5, 0.6) is 0 Å². The van der Waals surface area contributed by atoms with Gasteiger partial charge in [-0.05, 0) is 54.4 Å². The van der Waals surface area contributed by atoms with Crippen molar-refractivity contribution in [3.05, 3.63) is 60.2 Å². The molecule has 6 heteroatoms. The van der Waals surface area contributed by atoms with Gasteiger partial charge in [0.25, 0.3) is 0 Å². The molecule has 2 aromatic carbocycles. The van der Waals surface area contributed by atoms with Crippen LogP contribution in [0.4, 0.5) is 11.4 Å². The maximum atomic E-state index is 12.7. The molecule has 0 bridgehead atoms. The Labute approximate surface area is 184 Å². The molecule has 0 aliphatic carbocycles. The molecule has 5 nitrogen and oxygen atoms in total. The summed E-state index contributed by atoms with van der Waals surface area (Å²) in [5.74, 6) is 0.464. The van der Waals surface area contributed by atoms with Crippen LogP contribution in [0.3, 0.4) is 0 Å². The Morgan fingerprint density at radius 2 is 1.97 bits per heavy atom. The summed E-state index contributed by atoms with van der Waals surface area (Å²) in [7, 11) is 0. The van der Waals surface area contributed by atoms with Crippen LogP contribution in [0, 0.1) is 5.92 Å². The quantitative estimate of drug-likeness (QED) is 0.522. The number of carbonyl (C=O) groups is 1. The summed E-state index contributed by atoms with van der Waals surface area (Å²) in [6.45, 7) is 6.37. The number of nitrogens with zero attached hydrogens (tertiary/aromatic N) is 3. The van der Waals surface area contributed by atoms with Gasteiger partial charge >= 0.3 is 0 Å². The number of aliphatic hydroxyl groups excluding tert-OH is 1. The van der Waals surface area contributed by atoms with E-state index in [2.05, 4.69) is 34.2 Å². The average Bonchev–Trinajstić information content (AvgIpc) is 2.76. The number of amides is 1. The van der Waals surface area contributed by atoms with E-state index < -0.39 is 6.10 Å². The SMILES string of the molecule is CCC(=O)N(c1ccccc1)[C@H]1CCN(C[C@H](O)c2ccc(N=C=S)cc2)C[C@H]1C. The minimum atomic E-state index is -0.568. The van der Waals surface area contributed by atoms with Crippen molar-refractivity contribution in [3.63, 3.8) is 0 Å². The highest BCUT2D eigenvalue weighted by Gasteiger charge is 2.34. The lowest BCUT2D eigenvalue weighted by Crippen LogP contribution is -2.52. The molecule has 1 aliphatic heterocycles. The minimum absolute atomic E-state index is 0.158. The first-order chi connectivity index (χ1) is 14.5. The fraction of sp³-hybridized carbons (Fsp3) is 0.417. The molecule has 3 rings (SSSR count). The van der Waals surface area contributed by atoms with Gasteiger partial charge in [-0.15, -0.1) is 0 Å². The number of aliphatic hydroxyl groups is 1. The van der Waals surface area contributed by atoms with E-state index in [9.17, 15) is 9.90 Å². The van der Waals surface area contributed by atoms with E-state index in [0.29, 0.717) is 18.9 Å². The Morgan fingerprint density at radius 1 is 1.27 bits per heavy atom. The molecule has 1 N–H and O–H groups in total. The number of hydrogen-bond acceptors (Lipinski definition) is 5. The molecule has 0 saturated carbocycles. The predicted octanol–water partition coefficient (Wildman–Crippen LogP) is 4.61. The third kappa shape index (κ3) is 5.41. The molecule has 3 atom stereocenters. The van der Waals surface area contributed by atoms with Gasteiger partial charge in [-0.3, -0.25) is 9.69 Å². The van der Waals surface area contributed by atoms with Gasteiger partial charge in [0, 0.05) is 37.8 Å². The Hall–Kier alpha value is -2.37. The third-order valence-corrected chi connectivity index (χ3v) is 5.86. The Morgan fingerprint density at radius 3 is 2.57 bits per heavy atom. The van der Waals surface area contributed by atoms with E-state index in [1.54, 1.807) is 0 Å². The van der Waals surface area contributed by atoms with Crippen molar-refractivity contribution in [1.29, 1.82) is 0 Å². The molecule has 1 fully saturated rings. The van der Waals surface area contributed by atoms with Crippen LogP contribution < -0.4 is 4.90 Å². The topological polar surface area (TPSA) is 56.1 Å². The van der Waals surface area contributed by atoms with Gasteiger partial charge in [-0.25, -0.2) is 0 Å². The number of piperidine rings is 1. The standard InChI is InChI=1S/C24H29N3O2S/c1-3-24(29)27(21-7-5-4-6-8-21)22-13-14-26(15-18(22)2)16-23(28)19-9-11-20(12-10-19)25-17-30/h4-12,18,22-23,28H,3,13-16H2,1-2H3/t18-,22+,23+/m1/s1. The van der Waals surface area contributed by atoms with Crippen molar-refractivity contribution in [2.75, 3.05) is 24.5 Å². The maximum Gasteiger partial charge on any atom is 0.226 e. The van der Waals surface area contributed by atoms with Crippen molar-refractivity contribution in [1.82, 2.24) is 4.90 Å². The maximum absolute atomic E-state index is 12.7. The lowest BCUT2D eigenvalue weighted by atomic mass is 9.91. The van der Waals surface area contributed by atoms with E-state index in [-0.39, 0.29) is 11.9 Å². The van der Waals surface area contributed by atoms with E-state index in [4.69, 9.17) is 0 Å². The molecule has 1 saturated heterocycles. The molecule has 0 spiro atoms. The number of hydrogen-bond donors (Lipinski definition) is 1. The predicted molar refractivity (Wildman–Crippen MR) is 124 cm³/mol. The summed E-state index contributed by atoms with van der Waals surface area (Å²) >= 11 is 4.62. The fourth-order valence-electron chi connectivity index (χ4n) is 4.22. The highest BCUT2D eigenvalue weighted by molar-refractivity contribution is 7.78. The summed E-state index contributed by atoms with van der Waals surface area (Å²) in [5, 5.41) is 13.0. The second-order valence-corrected chi connectivity index (χ2v) is 8.04. The van der Waals surface area contributed by atoms with Gasteiger partial charge in [0.05, 0.1) is 17.0 Å². The zero-order valence-electron chi connectivity index (χ0n) is 17.6. The molecule has 1 heterocycles. The lowest BCUT2D eigenvalue weighted by molar-refractivity contribution is -0.119. The van der Waals surface area contributed by atoms with Crippen LogP contribution in [0.2, 0.25) is 0 Å². The molecule has 30 heavy (non-hydrogen) atoms. The van der Waals surface area contributed by atoms with Crippen molar-refractivity contribution in [3.8, 4) is 0 Å². The van der Waals surface area contributed by atoms with Crippen LogP contribution in [-0.2, 0) is 4.79 Å². The van der Waals surface area contributed by atoms with Crippen LogP contribution in [-0.4, -0.2) is 46.8 Å². The zero-order valence-corrected chi connectivity index (χ0v) is 18.4. The van der Waals surface area contributed by atoms with Crippen LogP contribution >= 0.6 is 12.2 Å². The number of isothiocyanates is 1. The van der Waals surface area contributed by atoms with E-state index in [1.807, 2.05) is 66.4 Å². The van der Waals surface area contributed by atoms with Gasteiger partial charge in [0.15, 0.2) is 0 Å². The zero-order chi connectivity index (χ0) is 21.5. The van der Waals surface area contributed by atoms with E-state index in [0.717, 1.165) is 36.4 Å². The first-order valence-electron chi connectivity index (χ1n) is 10.5. The fourth-order valence-corrected chi connectivity index (χ4v) is 4.33.